The van der Waals surface area contributed by atoms with E-state index >= 15 is 0 Å². The van der Waals surface area contributed by atoms with Gasteiger partial charge in [-0.05, 0) is 48.2 Å². The second-order valence-corrected chi connectivity index (χ2v) is 10.4. The summed E-state index contributed by atoms with van der Waals surface area (Å²) < 4.78 is 11.8. The van der Waals surface area contributed by atoms with Gasteiger partial charge in [0.1, 0.15) is 16.3 Å². The summed E-state index contributed by atoms with van der Waals surface area (Å²) in [5, 5.41) is 10.6. The molecule has 35 heavy (non-hydrogen) atoms. The minimum Gasteiger partial charge on any atom is -0.494 e. The number of nitrogens with zero attached hydrogens (tertiary/aromatic N) is 3. The maximum atomic E-state index is 13.7. The van der Waals surface area contributed by atoms with Gasteiger partial charge in [-0.15, -0.1) is 10.2 Å². The number of carbonyl (C=O) groups excluding carboxylic acids is 1. The third-order valence-electron chi connectivity index (χ3n) is 5.72. The summed E-state index contributed by atoms with van der Waals surface area (Å²) in [4.78, 5) is 28.9. The lowest BCUT2D eigenvalue weighted by Gasteiger charge is -2.22. The molecule has 4 aromatic rings. The highest BCUT2D eigenvalue weighted by molar-refractivity contribution is 7.15. The van der Waals surface area contributed by atoms with E-state index < -0.39 is 11.9 Å². The zero-order valence-electron chi connectivity index (χ0n) is 19.6. The number of benzene rings is 2. The van der Waals surface area contributed by atoms with Gasteiger partial charge in [-0.2, -0.15) is 0 Å². The van der Waals surface area contributed by atoms with Crippen LogP contribution >= 0.6 is 22.9 Å². The van der Waals surface area contributed by atoms with Crippen LogP contribution in [0.5, 0.6) is 5.75 Å². The fourth-order valence-electron chi connectivity index (χ4n) is 4.23. The standard InChI is InChI=1S/C26H24ClN3O4S/c1-4-10-33-17-7-5-6-15(12-17)22-21-23(31)18-13-16(27)8-9-19(18)34-24(21)25(32)30(22)26-29-28-20(35-26)11-14(2)3/h5-9,12-14,22H,4,10-11H2,1-3H3. The Morgan fingerprint density at radius 2 is 2.00 bits per heavy atom. The molecule has 3 heterocycles. The number of hydrogen-bond donors (Lipinski definition) is 0. The van der Waals surface area contributed by atoms with Crippen LogP contribution in [-0.4, -0.2) is 22.7 Å². The van der Waals surface area contributed by atoms with Crippen LogP contribution in [0.3, 0.4) is 0 Å². The largest absolute Gasteiger partial charge is 0.494 e. The molecule has 0 fully saturated rings. The summed E-state index contributed by atoms with van der Waals surface area (Å²) in [5.41, 5.74) is 0.999. The van der Waals surface area contributed by atoms with Crippen LogP contribution < -0.4 is 15.1 Å². The van der Waals surface area contributed by atoms with Gasteiger partial charge in [-0.3, -0.25) is 14.5 Å². The zero-order valence-corrected chi connectivity index (χ0v) is 21.2. The normalized spacial score (nSPS) is 15.3. The molecule has 0 saturated heterocycles. The molecule has 1 atom stereocenters. The number of carbonyl (C=O) groups is 1. The number of aromatic nitrogens is 2. The van der Waals surface area contributed by atoms with Gasteiger partial charge >= 0.3 is 0 Å². The predicted octanol–water partition coefficient (Wildman–Crippen LogP) is 6.04. The van der Waals surface area contributed by atoms with E-state index in [9.17, 15) is 9.59 Å². The van der Waals surface area contributed by atoms with Crippen molar-refractivity contribution in [2.24, 2.45) is 5.92 Å². The van der Waals surface area contributed by atoms with Crippen LogP contribution in [0.4, 0.5) is 5.13 Å². The van der Waals surface area contributed by atoms with E-state index in [1.807, 2.05) is 31.2 Å². The van der Waals surface area contributed by atoms with Crippen LogP contribution in [0.2, 0.25) is 5.02 Å². The van der Waals surface area contributed by atoms with E-state index in [0.717, 1.165) is 23.4 Å². The van der Waals surface area contributed by atoms with Gasteiger partial charge in [0.2, 0.25) is 10.9 Å². The summed E-state index contributed by atoms with van der Waals surface area (Å²) in [7, 11) is 0. The smallest absolute Gasteiger partial charge is 0.297 e. The van der Waals surface area contributed by atoms with E-state index in [1.54, 1.807) is 18.2 Å². The molecule has 2 aromatic heterocycles. The van der Waals surface area contributed by atoms with Gasteiger partial charge in [0.15, 0.2) is 5.43 Å². The molecule has 2 aromatic carbocycles. The van der Waals surface area contributed by atoms with Crippen LogP contribution in [0, 0.1) is 5.92 Å². The summed E-state index contributed by atoms with van der Waals surface area (Å²) >= 11 is 7.52. The Hall–Kier alpha value is -3.23. The molecule has 1 unspecified atom stereocenters. The van der Waals surface area contributed by atoms with Crippen molar-refractivity contribution in [3.63, 3.8) is 0 Å². The molecule has 5 rings (SSSR count). The molecule has 7 nitrogen and oxygen atoms in total. The van der Waals surface area contributed by atoms with Gasteiger partial charge < -0.3 is 9.15 Å². The maximum absolute atomic E-state index is 13.7. The van der Waals surface area contributed by atoms with Crippen LogP contribution in [0.1, 0.15) is 59.9 Å². The minimum absolute atomic E-state index is 0.00955. The number of halogens is 1. The van der Waals surface area contributed by atoms with Crippen molar-refractivity contribution >= 4 is 44.9 Å². The van der Waals surface area contributed by atoms with Gasteiger partial charge in [0, 0.05) is 11.4 Å². The van der Waals surface area contributed by atoms with Crippen molar-refractivity contribution < 1.29 is 13.9 Å². The quantitative estimate of drug-likeness (QED) is 0.302. The number of rotatable bonds is 7. The van der Waals surface area contributed by atoms with Crippen molar-refractivity contribution in [3.05, 3.63) is 79.6 Å². The SMILES string of the molecule is CCCOc1cccc(C2c3c(oc4ccc(Cl)cc4c3=O)C(=O)N2c2nnc(CC(C)C)s2)c1. The molecule has 1 aliphatic rings. The lowest BCUT2D eigenvalue weighted by molar-refractivity contribution is 0.0970. The van der Waals surface area contributed by atoms with Crippen LogP contribution in [-0.2, 0) is 6.42 Å². The van der Waals surface area contributed by atoms with Crippen molar-refractivity contribution in [1.29, 1.82) is 0 Å². The molecule has 1 amide bonds. The summed E-state index contributed by atoms with van der Waals surface area (Å²) in [5.74, 6) is 0.640. The Morgan fingerprint density at radius 1 is 1.17 bits per heavy atom. The molecule has 1 aliphatic heterocycles. The Bertz CT molecular complexity index is 1480. The summed E-state index contributed by atoms with van der Waals surface area (Å²) in [6, 6.07) is 11.5. The third-order valence-corrected chi connectivity index (χ3v) is 6.90. The van der Waals surface area contributed by atoms with Gasteiger partial charge in [0.05, 0.1) is 23.6 Å². The molecule has 0 saturated carbocycles. The second kappa shape index (κ2) is 9.43. The maximum Gasteiger partial charge on any atom is 0.297 e. The first kappa shape index (κ1) is 23.5. The highest BCUT2D eigenvalue weighted by atomic mass is 35.5. The molecular weight excluding hydrogens is 486 g/mol. The molecule has 9 heteroatoms. The Labute approximate surface area is 211 Å². The molecule has 0 bridgehead atoms. The van der Waals surface area contributed by atoms with Crippen LogP contribution in [0.15, 0.2) is 51.7 Å². The molecule has 0 radical (unpaired) electrons. The van der Waals surface area contributed by atoms with E-state index in [0.29, 0.717) is 39.4 Å². The molecule has 0 aliphatic carbocycles. The minimum atomic E-state index is -0.734. The Morgan fingerprint density at radius 3 is 2.77 bits per heavy atom. The van der Waals surface area contributed by atoms with Crippen molar-refractivity contribution in [1.82, 2.24) is 10.2 Å². The first-order valence-electron chi connectivity index (χ1n) is 11.5. The number of anilines is 1. The first-order chi connectivity index (χ1) is 16.9. The summed E-state index contributed by atoms with van der Waals surface area (Å²) in [6.07, 6.45) is 1.61. The molecule has 0 N–H and O–H groups in total. The van der Waals surface area contributed by atoms with Gasteiger partial charge in [-0.1, -0.05) is 55.8 Å². The predicted molar refractivity (Wildman–Crippen MR) is 137 cm³/mol. The number of ether oxygens (including phenoxy) is 1. The third kappa shape index (κ3) is 4.32. The van der Waals surface area contributed by atoms with Gasteiger partial charge in [-0.25, -0.2) is 0 Å². The Balaban J connectivity index is 1.71. The first-order valence-corrected chi connectivity index (χ1v) is 12.7. The topological polar surface area (TPSA) is 85.5 Å². The summed E-state index contributed by atoms with van der Waals surface area (Å²) in [6.45, 7) is 6.79. The fraction of sp³-hybridized carbons (Fsp3) is 0.308. The van der Waals surface area contributed by atoms with E-state index in [1.165, 1.54) is 16.2 Å². The Kier molecular flexibility index (Phi) is 6.34. The van der Waals surface area contributed by atoms with Crippen molar-refractivity contribution in [2.75, 3.05) is 11.5 Å². The lowest BCUT2D eigenvalue weighted by atomic mass is 9.98. The lowest BCUT2D eigenvalue weighted by Crippen LogP contribution is -2.29. The highest BCUT2D eigenvalue weighted by Crippen LogP contribution is 2.43. The van der Waals surface area contributed by atoms with Crippen molar-refractivity contribution in [3.8, 4) is 5.75 Å². The average molecular weight is 510 g/mol. The average Bonchev–Trinajstić information content (AvgIpc) is 3.40. The number of hydrogen-bond acceptors (Lipinski definition) is 7. The van der Waals surface area contributed by atoms with Gasteiger partial charge in [0.25, 0.3) is 5.91 Å². The van der Waals surface area contributed by atoms with Crippen molar-refractivity contribution in [2.45, 2.75) is 39.7 Å². The second-order valence-electron chi connectivity index (χ2n) is 8.89. The zero-order chi connectivity index (χ0) is 24.7. The van der Waals surface area contributed by atoms with E-state index in [-0.39, 0.29) is 16.8 Å². The highest BCUT2D eigenvalue weighted by Gasteiger charge is 2.45. The molecule has 180 valence electrons. The van der Waals surface area contributed by atoms with E-state index in [4.69, 9.17) is 20.8 Å². The number of fused-ring (bicyclic) bond motifs is 2. The molecule has 0 spiro atoms. The fourth-order valence-corrected chi connectivity index (χ4v) is 5.48. The van der Waals surface area contributed by atoms with Crippen LogP contribution in [0.25, 0.3) is 11.0 Å². The number of amides is 1. The van der Waals surface area contributed by atoms with E-state index in [2.05, 4.69) is 24.0 Å². The molecular formula is C26H24ClN3O4S. The monoisotopic (exact) mass is 509 g/mol.